The Labute approximate surface area is 777 Å². The van der Waals surface area contributed by atoms with E-state index in [9.17, 15) is 72.2 Å². The maximum Gasteiger partial charge on any atom is 1.00 e. The van der Waals surface area contributed by atoms with Crippen LogP contribution in [0.4, 0.5) is 0 Å². The summed E-state index contributed by atoms with van der Waals surface area (Å²) in [5.41, 5.74) is 2.38. The van der Waals surface area contributed by atoms with Gasteiger partial charge in [-0.3, -0.25) is 57.1 Å². The van der Waals surface area contributed by atoms with E-state index in [0.29, 0.717) is 54.4 Å². The van der Waals surface area contributed by atoms with Crippen molar-refractivity contribution < 1.29 is 107 Å². The van der Waals surface area contributed by atoms with Gasteiger partial charge in [0.2, 0.25) is 0 Å². The largest absolute Gasteiger partial charge is 1.00 e. The number of carbonyl (C=O) groups is 10. The average molecular weight is 1910 g/mol. The number of aromatic nitrogens is 4. The molecule has 0 aliphatic heterocycles. The molecule has 654 valence electrons. The molecule has 0 amide bonds. The van der Waals surface area contributed by atoms with E-state index in [0.717, 1.165) is 26.8 Å². The maximum absolute atomic E-state index is 13.0. The number of aliphatic hydroxyl groups excluding tert-OH is 1. The molecule has 0 saturated heterocycles. The van der Waals surface area contributed by atoms with Crippen molar-refractivity contribution in [3.8, 4) is 11.4 Å². The molecule has 0 fully saturated rings. The molecule has 37 heteroatoms. The topological polar surface area (TPSA) is 386 Å². The zero-order chi connectivity index (χ0) is 91.8. The molecule has 3 atom stereocenters. The summed E-state index contributed by atoms with van der Waals surface area (Å²) in [5, 5.41) is 29.9. The van der Waals surface area contributed by atoms with Gasteiger partial charge in [-0.25, -0.2) is 28.3 Å². The second-order valence-corrected chi connectivity index (χ2v) is 29.5. The Morgan fingerprint density at radius 3 is 1.02 bits per heavy atom. The molecule has 0 aliphatic rings. The van der Waals surface area contributed by atoms with Crippen molar-refractivity contribution in [1.29, 1.82) is 0 Å². The molecule has 4 N–H and O–H groups in total. The Hall–Kier alpha value is -10.3. The van der Waals surface area contributed by atoms with Crippen LogP contribution < -0.4 is 41.4 Å². The van der Waals surface area contributed by atoms with E-state index < -0.39 is 82.0 Å². The standard InChI is InChI=1S/C27H22Cl2N2O5.C26H20Cl2N2O5.C11H8Cl2O3.C10H8Cl2O3.C8H6Cl2O.C4H8O4.C2H6.Li.H2O/c1-30-22-9-4-3-6-19(22)25(33)31(27(30)35)18-12-10-16(11-13-18)14-17(26(34)36-2)15-23(32)24-20(28)7-5-8-21(24)29;1-29-21-8-3-2-5-18(21)24(32)30(26(29)35)17-11-9-15(10-12-17)13-16(25(33)34)14-22(31)23-19(27)6-4-7-20(23)28;1-16-10(15)6-5-9(14)11-7(12)3-2-4-8(11)13;11-6-2-1-3-7(12)10(6)8(13)4-5-9(14)15;1-5(11)8-6(9)3-2-4-7(8)10;1-7-3(5)4(6)8-2;1-2;;/h3-13,17H,14-15H2,1-2H3;2-12,16H,13-14H2,1H3,(H,33,34);2-6H,1H3;1-3H,4-5H2,(H,14,15);2-4H,1H3;3,5H,1-2H3;1-2H3;;1H2/q;;;;;;;+1;/p-1/b;;6-5+;;;;;;. The number of hydrogen-bond donors (Lipinski definition) is 3. The van der Waals surface area contributed by atoms with Gasteiger partial charge in [-0.2, -0.15) is 0 Å². The first-order chi connectivity index (χ1) is 58.3. The van der Waals surface area contributed by atoms with Crippen molar-refractivity contribution in [1.82, 2.24) is 18.3 Å². The molecule has 3 unspecified atom stereocenters. The number of Topliss-reactive ketones (excluding diaryl/α,β-unsaturated/α-hetero) is 4. The van der Waals surface area contributed by atoms with Crippen LogP contribution in [-0.4, -0.2) is 133 Å². The average Bonchev–Trinajstić information content (AvgIpc) is 0.766. The third-order valence-electron chi connectivity index (χ3n) is 17.5. The van der Waals surface area contributed by atoms with Crippen molar-refractivity contribution in [3.05, 3.63) is 331 Å². The molecule has 11 aromatic rings. The van der Waals surface area contributed by atoms with Crippen LogP contribution in [0, 0.1) is 11.8 Å². The Kier molecular flexibility index (Phi) is 46.3. The summed E-state index contributed by atoms with van der Waals surface area (Å²) in [4.78, 5) is 167. The number of carboxylic acid groups (broad SMARTS) is 2. The number of para-hydroxylation sites is 2. The Balaban J connectivity index is 0.000000415. The van der Waals surface area contributed by atoms with E-state index in [1.165, 1.54) is 56.6 Å². The number of fused-ring (bicyclic) bond motifs is 2. The number of nitrogens with zero attached hydrogens (tertiary/aromatic N) is 4. The van der Waals surface area contributed by atoms with E-state index in [1.54, 1.807) is 190 Å². The first kappa shape index (κ1) is 109. The molecule has 2 heterocycles. The van der Waals surface area contributed by atoms with Crippen molar-refractivity contribution in [3.63, 3.8) is 0 Å². The summed E-state index contributed by atoms with van der Waals surface area (Å²) in [6.07, 6.45) is 0.146. The number of ether oxygens (including phenoxy) is 4. The van der Waals surface area contributed by atoms with Crippen LogP contribution in [-0.2, 0) is 69.9 Å². The van der Waals surface area contributed by atoms with Crippen LogP contribution in [0.2, 0.25) is 50.2 Å². The molecule has 125 heavy (non-hydrogen) atoms. The fourth-order valence-electron chi connectivity index (χ4n) is 11.4. The number of hydrogen-bond acceptors (Lipinski definition) is 20. The normalized spacial score (nSPS) is 11.0. The predicted molar refractivity (Wildman–Crippen MR) is 479 cm³/mol. The van der Waals surface area contributed by atoms with E-state index in [1.807, 2.05) is 13.8 Å². The number of benzene rings is 9. The van der Waals surface area contributed by atoms with Crippen molar-refractivity contribution in [2.45, 2.75) is 65.6 Å². The number of aryl methyl sites for hydroxylation is 2. The van der Waals surface area contributed by atoms with E-state index >= 15 is 0 Å². The number of carboxylic acids is 2. The van der Waals surface area contributed by atoms with Gasteiger partial charge in [0.25, 0.3) is 17.4 Å². The van der Waals surface area contributed by atoms with Gasteiger partial charge < -0.3 is 39.7 Å². The number of halogens is 10. The molecule has 0 bridgehead atoms. The van der Waals surface area contributed by atoms with Gasteiger partial charge in [0.15, 0.2) is 28.9 Å². The fourth-order valence-corrected chi connectivity index (χ4v) is 14.5. The zero-order valence-corrected chi connectivity index (χ0v) is 75.8. The van der Waals surface area contributed by atoms with E-state index in [-0.39, 0.29) is 143 Å². The van der Waals surface area contributed by atoms with E-state index in [4.69, 9.17) is 131 Å². The van der Waals surface area contributed by atoms with Crippen LogP contribution in [0.3, 0.4) is 0 Å². The first-order valence-corrected chi connectivity index (χ1v) is 40.1. The summed E-state index contributed by atoms with van der Waals surface area (Å²) >= 11 is 59.1. The summed E-state index contributed by atoms with van der Waals surface area (Å²) in [6.45, 7) is 5.44. The molecular weight excluding hydrogens is 1830 g/mol. The van der Waals surface area contributed by atoms with Crippen LogP contribution in [0.15, 0.2) is 219 Å². The predicted octanol–water partition coefficient (Wildman–Crippen LogP) is 15.2. The quantitative estimate of drug-likeness (QED) is 0.0126. The summed E-state index contributed by atoms with van der Waals surface area (Å²) in [6, 6.07) is 50.7. The molecule has 0 radical (unpaired) electrons. The summed E-state index contributed by atoms with van der Waals surface area (Å²) in [7, 11) is 8.06. The smallest absolute Gasteiger partial charge is 0.870 e. The molecule has 0 aliphatic carbocycles. The molecule has 2 aromatic heterocycles. The number of aliphatic hydroxyl groups is 1. The van der Waals surface area contributed by atoms with Crippen molar-refractivity contribution >= 4 is 197 Å². The first-order valence-electron chi connectivity index (χ1n) is 36.4. The third-order valence-corrected chi connectivity index (χ3v) is 20.6. The van der Waals surface area contributed by atoms with Crippen LogP contribution >= 0.6 is 116 Å². The van der Waals surface area contributed by atoms with Crippen LogP contribution in [0.5, 0.6) is 0 Å². The minimum absolute atomic E-state index is 0. The van der Waals surface area contributed by atoms with Gasteiger partial charge in [-0.1, -0.05) is 209 Å². The number of allylic oxidation sites excluding steroid dienone is 1. The minimum atomic E-state index is -1.44. The molecule has 0 saturated carbocycles. The number of esters is 3. The molecule has 0 spiro atoms. The monoisotopic (exact) mass is 1900 g/mol. The van der Waals surface area contributed by atoms with Crippen molar-refractivity contribution in [2.24, 2.45) is 25.9 Å². The molecule has 11 rings (SSSR count). The van der Waals surface area contributed by atoms with Crippen molar-refractivity contribution in [2.75, 3.05) is 28.4 Å². The Bertz CT molecular complexity index is 5920. The second-order valence-electron chi connectivity index (χ2n) is 25.4. The van der Waals surface area contributed by atoms with Gasteiger partial charge in [-0.05, 0) is 146 Å². The van der Waals surface area contributed by atoms with Crippen LogP contribution in [0.1, 0.15) is 109 Å². The van der Waals surface area contributed by atoms with Gasteiger partial charge in [0, 0.05) is 46.5 Å². The van der Waals surface area contributed by atoms with Gasteiger partial charge >= 0.3 is 60.1 Å². The maximum atomic E-state index is 13.0. The number of methoxy groups -OCH3 is 4. The Morgan fingerprint density at radius 1 is 0.400 bits per heavy atom. The number of aliphatic carboxylic acids is 2. The van der Waals surface area contributed by atoms with Gasteiger partial charge in [-0.15, -0.1) is 0 Å². The molecular formula is C88H79Cl10LiN4O22. The van der Waals surface area contributed by atoms with E-state index in [2.05, 4.69) is 14.2 Å². The van der Waals surface area contributed by atoms with Crippen LogP contribution in [0.25, 0.3) is 33.2 Å². The number of ketones is 5. The molecule has 26 nitrogen and oxygen atoms in total. The minimum Gasteiger partial charge on any atom is -0.870 e. The zero-order valence-electron chi connectivity index (χ0n) is 68.2. The molecule has 9 aromatic carbocycles. The number of rotatable bonds is 24. The fraction of sp³-hybridized carbons (Fsp3) is 0.205. The SMILES string of the molecule is CC.CC(=O)c1c(Cl)cccc1Cl.COC(=O)/C=C/C(=O)c1c(Cl)cccc1Cl.COC(=O)C(CC(=O)c1c(Cl)cccc1Cl)Cc1ccc(-n2c(=O)c3ccccc3n(C)c2=O)cc1.COC(=O)C(O)OC.Cn1c(=O)n(-c2ccc(CC(CC(=O)c3c(Cl)cccc3Cl)C(=O)O)cc2)c(=O)c2ccccc21.O=C(O)CCC(=O)c1c(Cl)cccc1Cl.[Li+].[OH-]. The van der Waals surface area contributed by atoms with Gasteiger partial charge in [0.1, 0.15) is 0 Å². The Morgan fingerprint density at radius 2 is 0.720 bits per heavy atom. The van der Waals surface area contributed by atoms with Gasteiger partial charge in [0.05, 0.1) is 151 Å². The second kappa shape index (κ2) is 53.2. The number of carbonyl (C=O) groups excluding carboxylic acids is 8. The third kappa shape index (κ3) is 30.5. The summed E-state index contributed by atoms with van der Waals surface area (Å²) < 4.78 is 22.5. The summed E-state index contributed by atoms with van der Waals surface area (Å²) in [5.74, 6) is -7.64.